The van der Waals surface area contributed by atoms with E-state index < -0.39 is 6.10 Å². The quantitative estimate of drug-likeness (QED) is 0.775. The minimum absolute atomic E-state index is 0.0855. The van der Waals surface area contributed by atoms with E-state index in [1.54, 1.807) is 0 Å². The van der Waals surface area contributed by atoms with Crippen molar-refractivity contribution in [2.24, 2.45) is 0 Å². The summed E-state index contributed by atoms with van der Waals surface area (Å²) in [6.07, 6.45) is 0.794. The molecule has 1 amide bonds. The number of hydrogen-bond acceptors (Lipinski definition) is 3. The third-order valence-corrected chi connectivity index (χ3v) is 5.20. The van der Waals surface area contributed by atoms with Gasteiger partial charge in [-0.15, -0.1) is 0 Å². The molecule has 3 rings (SSSR count). The van der Waals surface area contributed by atoms with Gasteiger partial charge in [0, 0.05) is 12.0 Å². The number of ether oxygens (including phenoxy) is 2. The molecule has 0 saturated carbocycles. The average molecular weight is 382 g/mol. The minimum Gasteiger partial charge on any atom is -0.487 e. The third kappa shape index (κ3) is 4.49. The van der Waals surface area contributed by atoms with Crippen LogP contribution in [0.3, 0.4) is 0 Å². The zero-order chi connectivity index (χ0) is 20.5. The second-order valence-electron chi connectivity index (χ2n) is 8.45. The summed E-state index contributed by atoms with van der Waals surface area (Å²) in [6, 6.07) is 12.1. The van der Waals surface area contributed by atoms with Crippen molar-refractivity contribution in [3.05, 3.63) is 58.7 Å². The van der Waals surface area contributed by atoms with E-state index >= 15 is 0 Å². The van der Waals surface area contributed by atoms with Crippen LogP contribution in [0.5, 0.6) is 11.5 Å². The van der Waals surface area contributed by atoms with Crippen molar-refractivity contribution in [3.63, 3.8) is 0 Å². The van der Waals surface area contributed by atoms with Crippen LogP contribution >= 0.6 is 0 Å². The first-order chi connectivity index (χ1) is 13.2. The van der Waals surface area contributed by atoms with Crippen LogP contribution in [0.15, 0.2) is 36.4 Å². The number of benzene rings is 2. The van der Waals surface area contributed by atoms with E-state index in [0.717, 1.165) is 34.6 Å². The molecule has 0 saturated heterocycles. The summed E-state index contributed by atoms with van der Waals surface area (Å²) >= 11 is 0. The fourth-order valence-electron chi connectivity index (χ4n) is 3.77. The summed E-state index contributed by atoms with van der Waals surface area (Å²) in [5, 5.41) is 3.22. The highest BCUT2D eigenvalue weighted by atomic mass is 16.5. The van der Waals surface area contributed by atoms with Gasteiger partial charge in [-0.2, -0.15) is 0 Å². The normalized spacial score (nSPS) is 18.6. The van der Waals surface area contributed by atoms with Crippen molar-refractivity contribution in [1.29, 1.82) is 0 Å². The maximum atomic E-state index is 13.1. The molecule has 28 heavy (non-hydrogen) atoms. The van der Waals surface area contributed by atoms with Crippen LogP contribution in [-0.2, 0) is 4.79 Å². The molecule has 1 aliphatic rings. The van der Waals surface area contributed by atoms with E-state index in [-0.39, 0.29) is 17.6 Å². The molecule has 0 bridgehead atoms. The molecule has 0 unspecified atom stereocenters. The van der Waals surface area contributed by atoms with Crippen molar-refractivity contribution in [3.8, 4) is 11.5 Å². The zero-order valence-electron chi connectivity index (χ0n) is 17.8. The Morgan fingerprint density at radius 1 is 1.18 bits per heavy atom. The second kappa shape index (κ2) is 7.86. The lowest BCUT2D eigenvalue weighted by Gasteiger charge is -2.38. The standard InChI is InChI=1S/C24H31NO3/c1-7-20(27-21-10-8-15(2)12-17(21)4)23(26)25-19-14-24(5,6)28-22-11-9-16(3)13-18(19)22/h8-13,19-20H,7,14H2,1-6H3,(H,25,26)/t19-,20+/m0/s1. The highest BCUT2D eigenvalue weighted by molar-refractivity contribution is 5.81. The molecule has 0 spiro atoms. The fourth-order valence-corrected chi connectivity index (χ4v) is 3.77. The summed E-state index contributed by atoms with van der Waals surface area (Å²) in [7, 11) is 0. The lowest BCUT2D eigenvalue weighted by molar-refractivity contribution is -0.129. The van der Waals surface area contributed by atoms with Gasteiger partial charge >= 0.3 is 0 Å². The van der Waals surface area contributed by atoms with Crippen LogP contribution in [-0.4, -0.2) is 17.6 Å². The second-order valence-corrected chi connectivity index (χ2v) is 8.45. The summed E-state index contributed by atoms with van der Waals surface area (Å²) in [5.41, 5.74) is 4.07. The summed E-state index contributed by atoms with van der Waals surface area (Å²) in [4.78, 5) is 13.1. The average Bonchev–Trinajstić information content (AvgIpc) is 2.61. The zero-order valence-corrected chi connectivity index (χ0v) is 17.8. The molecule has 2 aromatic rings. The van der Waals surface area contributed by atoms with Crippen molar-refractivity contribution in [2.75, 3.05) is 0 Å². The molecule has 0 fully saturated rings. The highest BCUT2D eigenvalue weighted by Crippen LogP contribution is 2.40. The Morgan fingerprint density at radius 2 is 1.86 bits per heavy atom. The van der Waals surface area contributed by atoms with Gasteiger partial charge in [0.05, 0.1) is 6.04 Å². The molecule has 0 aromatic heterocycles. The molecule has 4 nitrogen and oxygen atoms in total. The number of fused-ring (bicyclic) bond motifs is 1. The van der Waals surface area contributed by atoms with Gasteiger partial charge in [-0.25, -0.2) is 0 Å². The Balaban J connectivity index is 1.79. The molecule has 4 heteroatoms. The predicted octanol–water partition coefficient (Wildman–Crippen LogP) is 5.19. The smallest absolute Gasteiger partial charge is 0.261 e. The van der Waals surface area contributed by atoms with Crippen molar-refractivity contribution >= 4 is 5.91 Å². The van der Waals surface area contributed by atoms with Crippen LogP contribution in [0.4, 0.5) is 0 Å². The lowest BCUT2D eigenvalue weighted by atomic mass is 9.88. The van der Waals surface area contributed by atoms with Crippen LogP contribution in [0, 0.1) is 20.8 Å². The molecule has 1 aliphatic heterocycles. The van der Waals surface area contributed by atoms with Crippen LogP contribution in [0.1, 0.15) is 61.9 Å². The lowest BCUT2D eigenvalue weighted by Crippen LogP contribution is -2.45. The topological polar surface area (TPSA) is 47.6 Å². The van der Waals surface area contributed by atoms with E-state index in [4.69, 9.17) is 9.47 Å². The van der Waals surface area contributed by atoms with Crippen LogP contribution < -0.4 is 14.8 Å². The van der Waals surface area contributed by atoms with E-state index in [1.165, 1.54) is 5.56 Å². The Kier molecular flexibility index (Phi) is 5.69. The van der Waals surface area contributed by atoms with Crippen molar-refractivity contribution in [2.45, 2.75) is 72.1 Å². The maximum absolute atomic E-state index is 13.1. The monoisotopic (exact) mass is 381 g/mol. The molecular weight excluding hydrogens is 350 g/mol. The summed E-state index contributed by atoms with van der Waals surface area (Å²) < 4.78 is 12.2. The number of nitrogens with one attached hydrogen (secondary N) is 1. The van der Waals surface area contributed by atoms with Gasteiger partial charge in [-0.3, -0.25) is 4.79 Å². The van der Waals surface area contributed by atoms with Crippen LogP contribution in [0.2, 0.25) is 0 Å². The Hall–Kier alpha value is -2.49. The van der Waals surface area contributed by atoms with Gasteiger partial charge in [0.2, 0.25) is 0 Å². The first kappa shape index (κ1) is 20.2. The fraction of sp³-hybridized carbons (Fsp3) is 0.458. The number of rotatable bonds is 5. The predicted molar refractivity (Wildman–Crippen MR) is 112 cm³/mol. The highest BCUT2D eigenvalue weighted by Gasteiger charge is 2.35. The number of carbonyl (C=O) groups excluding carboxylic acids is 1. The molecule has 2 atom stereocenters. The summed E-state index contributed by atoms with van der Waals surface area (Å²) in [5.74, 6) is 1.52. The molecule has 150 valence electrons. The van der Waals surface area contributed by atoms with E-state index in [9.17, 15) is 4.79 Å². The Morgan fingerprint density at radius 3 is 2.54 bits per heavy atom. The largest absolute Gasteiger partial charge is 0.487 e. The Bertz CT molecular complexity index is 872. The number of aryl methyl sites for hydroxylation is 3. The minimum atomic E-state index is -0.527. The van der Waals surface area contributed by atoms with E-state index in [0.29, 0.717) is 6.42 Å². The molecule has 2 aromatic carbocycles. The maximum Gasteiger partial charge on any atom is 0.261 e. The number of amides is 1. The van der Waals surface area contributed by atoms with E-state index in [1.807, 2.05) is 45.0 Å². The van der Waals surface area contributed by atoms with E-state index in [2.05, 4.69) is 38.2 Å². The molecule has 0 aliphatic carbocycles. The number of carbonyl (C=O) groups is 1. The first-order valence-corrected chi connectivity index (χ1v) is 10.0. The molecular formula is C24H31NO3. The van der Waals surface area contributed by atoms with Gasteiger partial charge in [-0.05, 0) is 58.7 Å². The Labute approximate surface area is 168 Å². The molecule has 0 radical (unpaired) electrons. The van der Waals surface area contributed by atoms with Crippen molar-refractivity contribution < 1.29 is 14.3 Å². The summed E-state index contributed by atoms with van der Waals surface area (Å²) in [6.45, 7) is 12.2. The SMILES string of the molecule is CC[C@@H](Oc1ccc(C)cc1C)C(=O)N[C@H]1CC(C)(C)Oc2ccc(C)cc21. The van der Waals surface area contributed by atoms with Gasteiger partial charge in [-0.1, -0.05) is 42.3 Å². The first-order valence-electron chi connectivity index (χ1n) is 10.0. The number of hydrogen-bond donors (Lipinski definition) is 1. The van der Waals surface area contributed by atoms with Gasteiger partial charge in [0.1, 0.15) is 17.1 Å². The van der Waals surface area contributed by atoms with Crippen molar-refractivity contribution in [1.82, 2.24) is 5.32 Å². The van der Waals surface area contributed by atoms with Gasteiger partial charge in [0.15, 0.2) is 6.10 Å². The molecule has 1 N–H and O–H groups in total. The van der Waals surface area contributed by atoms with Crippen LogP contribution in [0.25, 0.3) is 0 Å². The van der Waals surface area contributed by atoms with Gasteiger partial charge in [0.25, 0.3) is 5.91 Å². The third-order valence-electron chi connectivity index (χ3n) is 5.20. The van der Waals surface area contributed by atoms with Gasteiger partial charge < -0.3 is 14.8 Å². The molecule has 1 heterocycles.